The Balaban J connectivity index is 1.57. The zero-order chi connectivity index (χ0) is 20.4. The van der Waals surface area contributed by atoms with E-state index in [1.54, 1.807) is 6.20 Å². The summed E-state index contributed by atoms with van der Waals surface area (Å²) in [5.41, 5.74) is 7.31. The number of nitrogens with one attached hydrogen (secondary N) is 1. The SMILES string of the molecule is Cc1nc(N2CCCCC2)ncc1-c1cc(=O)[nH]c(N2CCC(C(N)=O)CC2)n1. The van der Waals surface area contributed by atoms with E-state index in [0.717, 1.165) is 43.1 Å². The van der Waals surface area contributed by atoms with Crippen LogP contribution in [0.2, 0.25) is 0 Å². The van der Waals surface area contributed by atoms with Gasteiger partial charge in [-0.15, -0.1) is 0 Å². The maximum atomic E-state index is 12.3. The van der Waals surface area contributed by atoms with Gasteiger partial charge in [-0.25, -0.2) is 15.0 Å². The van der Waals surface area contributed by atoms with Crippen LogP contribution in [0, 0.1) is 12.8 Å². The lowest BCUT2D eigenvalue weighted by molar-refractivity contribution is -0.122. The zero-order valence-corrected chi connectivity index (χ0v) is 16.7. The van der Waals surface area contributed by atoms with Crippen molar-refractivity contribution in [2.24, 2.45) is 11.7 Å². The molecule has 0 atom stereocenters. The summed E-state index contributed by atoms with van der Waals surface area (Å²) in [6, 6.07) is 1.48. The van der Waals surface area contributed by atoms with Crippen LogP contribution in [0.15, 0.2) is 17.1 Å². The Morgan fingerprint density at radius 3 is 2.48 bits per heavy atom. The fraction of sp³-hybridized carbons (Fsp3) is 0.550. The molecule has 4 rings (SSSR count). The van der Waals surface area contributed by atoms with Crippen LogP contribution in [0.5, 0.6) is 0 Å². The highest BCUT2D eigenvalue weighted by atomic mass is 16.1. The predicted molar refractivity (Wildman–Crippen MR) is 111 cm³/mol. The molecule has 0 spiro atoms. The number of piperidine rings is 2. The average Bonchev–Trinajstić information content (AvgIpc) is 2.74. The molecule has 9 heteroatoms. The van der Waals surface area contributed by atoms with Crippen molar-refractivity contribution in [2.75, 3.05) is 36.0 Å². The molecular weight excluding hydrogens is 370 g/mol. The van der Waals surface area contributed by atoms with Crippen molar-refractivity contribution in [1.29, 1.82) is 0 Å². The molecule has 2 fully saturated rings. The molecule has 0 aliphatic carbocycles. The summed E-state index contributed by atoms with van der Waals surface area (Å²) >= 11 is 0. The number of carbonyl (C=O) groups is 1. The molecule has 4 heterocycles. The van der Waals surface area contributed by atoms with Crippen molar-refractivity contribution in [2.45, 2.75) is 39.0 Å². The highest BCUT2D eigenvalue weighted by molar-refractivity contribution is 5.77. The predicted octanol–water partition coefficient (Wildman–Crippen LogP) is 1.23. The summed E-state index contributed by atoms with van der Waals surface area (Å²) < 4.78 is 0. The molecule has 0 aromatic carbocycles. The average molecular weight is 397 g/mol. The Morgan fingerprint density at radius 1 is 1.10 bits per heavy atom. The second-order valence-electron chi connectivity index (χ2n) is 7.83. The number of amides is 1. The molecule has 9 nitrogen and oxygen atoms in total. The van der Waals surface area contributed by atoms with Crippen molar-refractivity contribution in [3.8, 4) is 11.3 Å². The third-order valence-corrected chi connectivity index (χ3v) is 5.81. The van der Waals surface area contributed by atoms with Gasteiger partial charge in [-0.2, -0.15) is 0 Å². The van der Waals surface area contributed by atoms with Crippen LogP contribution in [0.3, 0.4) is 0 Å². The first-order chi connectivity index (χ1) is 14.0. The van der Waals surface area contributed by atoms with E-state index >= 15 is 0 Å². The van der Waals surface area contributed by atoms with Crippen LogP contribution >= 0.6 is 0 Å². The number of H-pyrrole nitrogens is 1. The number of primary amides is 1. The van der Waals surface area contributed by atoms with Gasteiger partial charge in [0.15, 0.2) is 0 Å². The van der Waals surface area contributed by atoms with Gasteiger partial charge in [0.05, 0.1) is 11.4 Å². The third kappa shape index (κ3) is 4.23. The maximum absolute atomic E-state index is 12.3. The number of aromatic nitrogens is 4. The molecule has 2 aromatic heterocycles. The van der Waals surface area contributed by atoms with E-state index in [1.807, 2.05) is 11.8 Å². The molecule has 1 amide bonds. The number of hydrogen-bond acceptors (Lipinski definition) is 7. The number of nitrogens with zero attached hydrogens (tertiary/aromatic N) is 5. The molecule has 0 bridgehead atoms. The summed E-state index contributed by atoms with van der Waals surface area (Å²) in [6.07, 6.45) is 6.66. The first kappa shape index (κ1) is 19.4. The number of aryl methyl sites for hydroxylation is 1. The number of carbonyl (C=O) groups excluding carboxylic acids is 1. The van der Waals surface area contributed by atoms with E-state index in [1.165, 1.54) is 12.5 Å². The largest absolute Gasteiger partial charge is 0.369 e. The molecule has 0 radical (unpaired) electrons. The monoisotopic (exact) mass is 397 g/mol. The Kier molecular flexibility index (Phi) is 5.46. The van der Waals surface area contributed by atoms with Gasteiger partial charge in [-0.3, -0.25) is 14.6 Å². The Hall–Kier alpha value is -2.97. The smallest absolute Gasteiger partial charge is 0.252 e. The summed E-state index contributed by atoms with van der Waals surface area (Å²) in [5.74, 6) is 0.875. The highest BCUT2D eigenvalue weighted by Gasteiger charge is 2.25. The van der Waals surface area contributed by atoms with Gasteiger partial charge in [0.1, 0.15) is 0 Å². The lowest BCUT2D eigenvalue weighted by Gasteiger charge is -2.31. The van der Waals surface area contributed by atoms with Crippen LogP contribution in [-0.4, -0.2) is 52.0 Å². The fourth-order valence-electron chi connectivity index (χ4n) is 4.06. The Labute approximate surface area is 169 Å². The normalized spacial score (nSPS) is 18.1. The van der Waals surface area contributed by atoms with Crippen molar-refractivity contribution in [3.63, 3.8) is 0 Å². The number of anilines is 2. The van der Waals surface area contributed by atoms with E-state index in [-0.39, 0.29) is 17.4 Å². The molecule has 29 heavy (non-hydrogen) atoms. The summed E-state index contributed by atoms with van der Waals surface area (Å²) in [7, 11) is 0. The van der Waals surface area contributed by atoms with Crippen molar-refractivity contribution in [3.05, 3.63) is 28.3 Å². The van der Waals surface area contributed by atoms with Crippen LogP contribution in [-0.2, 0) is 4.79 Å². The lowest BCUT2D eigenvalue weighted by atomic mass is 9.96. The molecule has 2 aromatic rings. The van der Waals surface area contributed by atoms with Crippen LogP contribution in [0.25, 0.3) is 11.3 Å². The molecule has 2 saturated heterocycles. The van der Waals surface area contributed by atoms with Gasteiger partial charge in [0.25, 0.3) is 5.56 Å². The second-order valence-corrected chi connectivity index (χ2v) is 7.83. The first-order valence-corrected chi connectivity index (χ1v) is 10.3. The van der Waals surface area contributed by atoms with Crippen molar-refractivity contribution in [1.82, 2.24) is 19.9 Å². The van der Waals surface area contributed by atoms with E-state index < -0.39 is 0 Å². The molecule has 2 aliphatic rings. The zero-order valence-electron chi connectivity index (χ0n) is 16.7. The quantitative estimate of drug-likeness (QED) is 0.796. The van der Waals surface area contributed by atoms with Crippen molar-refractivity contribution >= 4 is 17.8 Å². The summed E-state index contributed by atoms with van der Waals surface area (Å²) in [4.78, 5) is 44.5. The first-order valence-electron chi connectivity index (χ1n) is 10.3. The highest BCUT2D eigenvalue weighted by Crippen LogP contribution is 2.25. The maximum Gasteiger partial charge on any atom is 0.252 e. The van der Waals surface area contributed by atoms with E-state index in [0.29, 0.717) is 37.6 Å². The van der Waals surface area contributed by atoms with Gasteiger partial charge in [0.2, 0.25) is 17.8 Å². The van der Waals surface area contributed by atoms with Gasteiger partial charge < -0.3 is 15.5 Å². The summed E-state index contributed by atoms with van der Waals surface area (Å²) in [6.45, 7) is 5.14. The van der Waals surface area contributed by atoms with Crippen LogP contribution in [0.1, 0.15) is 37.8 Å². The van der Waals surface area contributed by atoms with Crippen LogP contribution in [0.4, 0.5) is 11.9 Å². The van der Waals surface area contributed by atoms with Gasteiger partial charge in [-0.1, -0.05) is 0 Å². The number of nitrogens with two attached hydrogens (primary N) is 1. The van der Waals surface area contributed by atoms with E-state index in [4.69, 9.17) is 5.73 Å². The molecule has 3 N–H and O–H groups in total. The third-order valence-electron chi connectivity index (χ3n) is 5.81. The molecule has 2 aliphatic heterocycles. The molecule has 0 unspecified atom stereocenters. The minimum Gasteiger partial charge on any atom is -0.369 e. The second kappa shape index (κ2) is 8.18. The Morgan fingerprint density at radius 2 is 1.83 bits per heavy atom. The van der Waals surface area contributed by atoms with E-state index in [2.05, 4.69) is 24.8 Å². The minimum atomic E-state index is -0.263. The number of rotatable bonds is 4. The lowest BCUT2D eigenvalue weighted by Crippen LogP contribution is -2.40. The van der Waals surface area contributed by atoms with Gasteiger partial charge in [0, 0.05) is 49.9 Å². The molecule has 154 valence electrons. The van der Waals surface area contributed by atoms with Gasteiger partial charge in [-0.05, 0) is 39.0 Å². The van der Waals surface area contributed by atoms with Crippen LogP contribution < -0.4 is 21.1 Å². The Bertz CT molecular complexity index is 944. The van der Waals surface area contributed by atoms with Gasteiger partial charge >= 0.3 is 0 Å². The number of hydrogen-bond donors (Lipinski definition) is 2. The minimum absolute atomic E-state index is 0.112. The number of aromatic amines is 1. The van der Waals surface area contributed by atoms with E-state index in [9.17, 15) is 9.59 Å². The summed E-state index contributed by atoms with van der Waals surface area (Å²) in [5, 5.41) is 0. The fourth-order valence-corrected chi connectivity index (χ4v) is 4.06. The topological polar surface area (TPSA) is 121 Å². The molecular formula is C20H27N7O2. The molecule has 0 saturated carbocycles. The van der Waals surface area contributed by atoms with Crippen molar-refractivity contribution < 1.29 is 4.79 Å². The standard InChI is InChI=1S/C20H27N7O2/c1-13-15(12-22-19(23-13)26-7-3-2-4-8-26)16-11-17(28)25-20(24-16)27-9-5-14(6-10-27)18(21)29/h11-12,14H,2-10H2,1H3,(H2,21,29)(H,24,25,28).